The number of anilines is 1. The number of thiazole rings is 1. The maximum atomic E-state index is 5.48. The molecule has 0 bridgehead atoms. The fraction of sp³-hybridized carbons (Fsp3) is 0. The molecule has 62 valence electrons. The van der Waals surface area contributed by atoms with Crippen LogP contribution in [0.2, 0.25) is 0 Å². The predicted molar refractivity (Wildman–Crippen MR) is 51.3 cm³/mol. The van der Waals surface area contributed by atoms with Crippen LogP contribution in [0, 0.1) is 0 Å². The Labute approximate surface area is 81.2 Å². The second-order valence-electron chi connectivity index (χ2n) is 2.16. The van der Waals surface area contributed by atoms with Crippen LogP contribution < -0.4 is 5.73 Å². The highest BCUT2D eigenvalue weighted by molar-refractivity contribution is 9.10. The molecule has 2 rings (SSSR count). The number of rotatable bonds is 1. The van der Waals surface area contributed by atoms with Crippen LogP contribution in [0.15, 0.2) is 22.5 Å². The van der Waals surface area contributed by atoms with Crippen LogP contribution in [0.5, 0.6) is 0 Å². The fourth-order valence-electron chi connectivity index (χ4n) is 0.798. The van der Waals surface area contributed by atoms with Gasteiger partial charge in [0, 0.05) is 11.6 Å². The summed E-state index contributed by atoms with van der Waals surface area (Å²) in [5.41, 5.74) is 5.48. The van der Waals surface area contributed by atoms with Gasteiger partial charge in [-0.2, -0.15) is 0 Å². The van der Waals surface area contributed by atoms with Crippen molar-refractivity contribution in [2.75, 3.05) is 5.73 Å². The minimum absolute atomic E-state index is 0.542. The quantitative estimate of drug-likeness (QED) is 0.831. The first kappa shape index (κ1) is 7.75. The molecule has 12 heavy (non-hydrogen) atoms. The largest absolute Gasteiger partial charge is 0.383 e. The first-order chi connectivity index (χ1) is 5.75. The van der Waals surface area contributed by atoms with Crippen LogP contribution >= 0.6 is 27.3 Å². The molecule has 4 nitrogen and oxygen atoms in total. The highest BCUT2D eigenvalue weighted by Crippen LogP contribution is 2.17. The van der Waals surface area contributed by atoms with Gasteiger partial charge >= 0.3 is 0 Å². The van der Waals surface area contributed by atoms with E-state index in [1.54, 1.807) is 11.7 Å². The van der Waals surface area contributed by atoms with Gasteiger partial charge < -0.3 is 5.73 Å². The van der Waals surface area contributed by atoms with Crippen molar-refractivity contribution in [1.82, 2.24) is 14.5 Å². The molecule has 0 aliphatic rings. The Morgan fingerprint density at radius 2 is 2.42 bits per heavy atom. The van der Waals surface area contributed by atoms with Gasteiger partial charge in [0.05, 0.1) is 0 Å². The van der Waals surface area contributed by atoms with E-state index in [1.807, 2.05) is 10.8 Å². The maximum Gasteiger partial charge on any atom is 0.196 e. The summed E-state index contributed by atoms with van der Waals surface area (Å²) in [7, 11) is 0. The SMILES string of the molecule is Nc1csc(-n2cnc(Br)c2)n1. The zero-order valence-corrected chi connectivity index (χ0v) is 8.34. The summed E-state index contributed by atoms with van der Waals surface area (Å²) in [6.07, 6.45) is 3.51. The van der Waals surface area contributed by atoms with Crippen LogP contribution in [0.25, 0.3) is 5.13 Å². The minimum Gasteiger partial charge on any atom is -0.383 e. The first-order valence-corrected chi connectivity index (χ1v) is 4.84. The molecule has 0 amide bonds. The summed E-state index contributed by atoms with van der Waals surface area (Å²) in [4.78, 5) is 8.10. The van der Waals surface area contributed by atoms with Gasteiger partial charge in [-0.3, -0.25) is 4.57 Å². The van der Waals surface area contributed by atoms with Crippen LogP contribution in [-0.4, -0.2) is 14.5 Å². The number of nitrogen functional groups attached to an aromatic ring is 1. The van der Waals surface area contributed by atoms with Gasteiger partial charge in [-0.15, -0.1) is 11.3 Å². The lowest BCUT2D eigenvalue weighted by molar-refractivity contribution is 1.03. The molecule has 0 unspecified atom stereocenters. The van der Waals surface area contributed by atoms with Crippen molar-refractivity contribution in [3.8, 4) is 5.13 Å². The lowest BCUT2D eigenvalue weighted by atomic mass is 10.8. The summed E-state index contributed by atoms with van der Waals surface area (Å²) in [6.45, 7) is 0. The summed E-state index contributed by atoms with van der Waals surface area (Å²) in [5, 5.41) is 2.62. The van der Waals surface area contributed by atoms with Crippen LogP contribution in [0.3, 0.4) is 0 Å². The molecular formula is C6H5BrN4S. The summed E-state index contributed by atoms with van der Waals surface area (Å²) < 4.78 is 2.60. The van der Waals surface area contributed by atoms with Crippen LogP contribution in [-0.2, 0) is 0 Å². The van der Waals surface area contributed by atoms with Crippen molar-refractivity contribution in [3.05, 3.63) is 22.5 Å². The molecule has 6 heteroatoms. The summed E-state index contributed by atoms with van der Waals surface area (Å²) in [5.74, 6) is 0.542. The van der Waals surface area contributed by atoms with E-state index >= 15 is 0 Å². The van der Waals surface area contributed by atoms with Crippen LogP contribution in [0.4, 0.5) is 5.82 Å². The number of nitrogens with two attached hydrogens (primary N) is 1. The summed E-state index contributed by atoms with van der Waals surface area (Å²) >= 11 is 4.73. The number of imidazole rings is 1. The van der Waals surface area contributed by atoms with Crippen molar-refractivity contribution >= 4 is 33.1 Å². The van der Waals surface area contributed by atoms with Gasteiger partial charge in [-0.05, 0) is 15.9 Å². The number of hydrogen-bond donors (Lipinski definition) is 1. The van der Waals surface area contributed by atoms with Gasteiger partial charge in [0.25, 0.3) is 0 Å². The van der Waals surface area contributed by atoms with E-state index in [0.29, 0.717) is 5.82 Å². The third-order valence-corrected chi connectivity index (χ3v) is 2.56. The van der Waals surface area contributed by atoms with Crippen molar-refractivity contribution in [1.29, 1.82) is 0 Å². The zero-order valence-electron chi connectivity index (χ0n) is 5.94. The molecular weight excluding hydrogens is 240 g/mol. The normalized spacial score (nSPS) is 10.4. The molecule has 0 radical (unpaired) electrons. The molecule has 2 N–H and O–H groups in total. The Bertz CT molecular complexity index is 355. The number of nitrogens with zero attached hydrogens (tertiary/aromatic N) is 3. The van der Waals surface area contributed by atoms with Crippen molar-refractivity contribution < 1.29 is 0 Å². The molecule has 0 fully saturated rings. The molecule has 0 aliphatic carbocycles. The monoisotopic (exact) mass is 244 g/mol. The van der Waals surface area contributed by atoms with Gasteiger partial charge in [-0.1, -0.05) is 0 Å². The number of aromatic nitrogens is 3. The van der Waals surface area contributed by atoms with Gasteiger partial charge in [-0.25, -0.2) is 9.97 Å². The average molecular weight is 245 g/mol. The molecule has 0 saturated carbocycles. The molecule has 2 heterocycles. The molecule has 0 aromatic carbocycles. The maximum absolute atomic E-state index is 5.48. The van der Waals surface area contributed by atoms with E-state index in [4.69, 9.17) is 5.73 Å². The van der Waals surface area contributed by atoms with E-state index in [1.165, 1.54) is 11.3 Å². The second-order valence-corrected chi connectivity index (χ2v) is 3.81. The van der Waals surface area contributed by atoms with Crippen molar-refractivity contribution in [2.24, 2.45) is 0 Å². The molecule has 0 atom stereocenters. The lowest BCUT2D eigenvalue weighted by Gasteiger charge is -1.91. The second kappa shape index (κ2) is 2.87. The molecule has 0 saturated heterocycles. The molecule has 2 aromatic heterocycles. The van der Waals surface area contributed by atoms with Gasteiger partial charge in [0.15, 0.2) is 5.13 Å². The van der Waals surface area contributed by atoms with Gasteiger partial charge in [0.2, 0.25) is 0 Å². The van der Waals surface area contributed by atoms with Crippen LogP contribution in [0.1, 0.15) is 0 Å². The van der Waals surface area contributed by atoms with Gasteiger partial charge in [0.1, 0.15) is 16.7 Å². The number of hydrogen-bond acceptors (Lipinski definition) is 4. The molecule has 0 aliphatic heterocycles. The molecule has 2 aromatic rings. The lowest BCUT2D eigenvalue weighted by Crippen LogP contribution is -1.89. The van der Waals surface area contributed by atoms with Crippen molar-refractivity contribution in [2.45, 2.75) is 0 Å². The van der Waals surface area contributed by atoms with Crippen molar-refractivity contribution in [3.63, 3.8) is 0 Å². The zero-order chi connectivity index (χ0) is 8.55. The Balaban J connectivity index is 2.43. The minimum atomic E-state index is 0.542. The van der Waals surface area contributed by atoms with E-state index < -0.39 is 0 Å². The topological polar surface area (TPSA) is 56.7 Å². The Morgan fingerprint density at radius 1 is 1.58 bits per heavy atom. The van der Waals surface area contributed by atoms with E-state index in [9.17, 15) is 0 Å². The first-order valence-electron chi connectivity index (χ1n) is 3.16. The summed E-state index contributed by atoms with van der Waals surface area (Å²) in [6, 6.07) is 0. The fourth-order valence-corrected chi connectivity index (χ4v) is 1.77. The highest BCUT2D eigenvalue weighted by Gasteiger charge is 2.01. The Kier molecular flexibility index (Phi) is 1.86. The third-order valence-electron chi connectivity index (χ3n) is 1.28. The highest BCUT2D eigenvalue weighted by atomic mass is 79.9. The predicted octanol–water partition coefficient (Wildman–Crippen LogP) is 1.67. The standard InChI is InChI=1S/C6H5BrN4S/c7-4-1-11(3-9-4)6-10-5(8)2-12-6/h1-3H,8H2. The smallest absolute Gasteiger partial charge is 0.196 e. The third kappa shape index (κ3) is 1.35. The number of halogens is 1. The van der Waals surface area contributed by atoms with E-state index in [0.717, 1.165) is 9.73 Å². The average Bonchev–Trinajstić information content (AvgIpc) is 2.58. The van der Waals surface area contributed by atoms with E-state index in [2.05, 4.69) is 25.9 Å². The Morgan fingerprint density at radius 3 is 2.92 bits per heavy atom. The van der Waals surface area contributed by atoms with E-state index in [-0.39, 0.29) is 0 Å². The molecule has 0 spiro atoms. The Hall–Kier alpha value is -0.880.